The second kappa shape index (κ2) is 14.0. The zero-order chi connectivity index (χ0) is 20.1. The van der Waals surface area contributed by atoms with Gasteiger partial charge in [-0.25, -0.2) is 0 Å². The Morgan fingerprint density at radius 1 is 0.800 bits per heavy atom. The third kappa shape index (κ3) is 11.3. The lowest BCUT2D eigenvalue weighted by Crippen LogP contribution is -2.31. The minimum atomic E-state index is -0.356. The van der Waals surface area contributed by atoms with Crippen LogP contribution in [0.4, 0.5) is 0 Å². The summed E-state index contributed by atoms with van der Waals surface area (Å²) in [5.74, 6) is 2.46. The van der Waals surface area contributed by atoms with Crippen LogP contribution in [-0.2, 0) is 4.74 Å². The molecule has 0 aromatic heterocycles. The minimum Gasteiger partial charge on any atom is -0.390 e. The average molecular weight is 359 g/mol. The number of rotatable bonds is 2. The molecule has 25 heavy (non-hydrogen) atoms. The maximum absolute atomic E-state index is 9.67. The van der Waals surface area contributed by atoms with Crippen molar-refractivity contribution in [2.75, 3.05) is 13.2 Å². The van der Waals surface area contributed by atoms with Crippen molar-refractivity contribution in [3.8, 4) is 0 Å². The van der Waals surface area contributed by atoms with Gasteiger partial charge < -0.3 is 9.84 Å². The van der Waals surface area contributed by atoms with E-state index in [1.165, 1.54) is 25.7 Å². The summed E-state index contributed by atoms with van der Waals surface area (Å²) in [5.41, 5.74) is 0.198. The van der Waals surface area contributed by atoms with Crippen LogP contribution < -0.4 is 0 Å². The van der Waals surface area contributed by atoms with Gasteiger partial charge in [-0.2, -0.15) is 0 Å². The van der Waals surface area contributed by atoms with Crippen LogP contribution in [0.15, 0.2) is 0 Å². The molecule has 0 unspecified atom stereocenters. The maximum atomic E-state index is 9.67. The van der Waals surface area contributed by atoms with E-state index in [1.54, 1.807) is 0 Å². The normalized spacial score (nSPS) is 28.0. The molecule has 0 atom stereocenters. The Bertz CT molecular complexity index is 278. The third-order valence-electron chi connectivity index (χ3n) is 6.08. The summed E-state index contributed by atoms with van der Waals surface area (Å²) in [6, 6.07) is 0. The van der Waals surface area contributed by atoms with Crippen molar-refractivity contribution in [1.82, 2.24) is 0 Å². The molecule has 2 aliphatic rings. The summed E-state index contributed by atoms with van der Waals surface area (Å²) in [5, 5.41) is 9.67. The Kier molecular flexibility index (Phi) is 15.2. The molecule has 1 aliphatic carbocycles. The van der Waals surface area contributed by atoms with Crippen LogP contribution >= 0.6 is 0 Å². The summed E-state index contributed by atoms with van der Waals surface area (Å²) in [6.07, 6.45) is 6.90. The van der Waals surface area contributed by atoms with Crippen molar-refractivity contribution in [2.45, 2.75) is 113 Å². The zero-order valence-corrected chi connectivity index (χ0v) is 19.2. The molecule has 1 aliphatic heterocycles. The van der Waals surface area contributed by atoms with E-state index in [-0.39, 0.29) is 5.60 Å². The van der Waals surface area contributed by atoms with Crippen molar-refractivity contribution in [2.24, 2.45) is 23.2 Å². The first-order chi connectivity index (χ1) is 11.7. The van der Waals surface area contributed by atoms with Crippen LogP contribution in [0.2, 0.25) is 0 Å². The third-order valence-corrected chi connectivity index (χ3v) is 6.08. The molecular weight excluding hydrogens is 308 g/mol. The standard InChI is InChI=1S/C10H20O.C9H18O.2C2H6/c1-8(2)9-4-6-10(3,11)7-5-9;1-8(2)9(3)4-6-10-7-5-9;2*1-2/h8-9,11H,4-7H2,1-3H3;8H,4-7H2,1-3H3;2*1-2H3. The Morgan fingerprint density at radius 3 is 1.48 bits per heavy atom. The van der Waals surface area contributed by atoms with E-state index >= 15 is 0 Å². The molecule has 1 saturated heterocycles. The Labute approximate surface area is 160 Å². The Hall–Kier alpha value is -0.0800. The number of hydrogen-bond acceptors (Lipinski definition) is 2. The van der Waals surface area contributed by atoms with Gasteiger partial charge in [0.1, 0.15) is 0 Å². The van der Waals surface area contributed by atoms with E-state index in [4.69, 9.17) is 4.74 Å². The molecule has 0 spiro atoms. The molecule has 0 amide bonds. The summed E-state index contributed by atoms with van der Waals surface area (Å²) < 4.78 is 5.32. The van der Waals surface area contributed by atoms with Crippen LogP contribution in [0.25, 0.3) is 0 Å². The van der Waals surface area contributed by atoms with Gasteiger partial charge in [0.2, 0.25) is 0 Å². The van der Waals surface area contributed by atoms with Gasteiger partial charge in [-0.1, -0.05) is 62.3 Å². The molecule has 2 heteroatoms. The predicted octanol–water partition coefficient (Wildman–Crippen LogP) is 7.10. The van der Waals surface area contributed by atoms with Gasteiger partial charge in [-0.15, -0.1) is 0 Å². The summed E-state index contributed by atoms with van der Waals surface area (Å²) in [6.45, 7) is 23.5. The van der Waals surface area contributed by atoms with E-state index in [1.807, 2.05) is 34.6 Å². The van der Waals surface area contributed by atoms with Gasteiger partial charge in [0.25, 0.3) is 0 Å². The van der Waals surface area contributed by atoms with Gasteiger partial charge >= 0.3 is 0 Å². The largest absolute Gasteiger partial charge is 0.390 e. The maximum Gasteiger partial charge on any atom is 0.0620 e. The zero-order valence-electron chi connectivity index (χ0n) is 19.2. The van der Waals surface area contributed by atoms with Crippen LogP contribution in [0.5, 0.6) is 0 Å². The average Bonchev–Trinajstić information content (AvgIpc) is 2.59. The topological polar surface area (TPSA) is 29.5 Å². The summed E-state index contributed by atoms with van der Waals surface area (Å²) in [7, 11) is 0. The number of hydrogen-bond donors (Lipinski definition) is 1. The lowest BCUT2D eigenvalue weighted by Gasteiger charge is -2.37. The van der Waals surface area contributed by atoms with Gasteiger partial charge in [-0.3, -0.25) is 0 Å². The first kappa shape index (κ1) is 27.1. The molecule has 0 radical (unpaired) electrons. The van der Waals surface area contributed by atoms with E-state index < -0.39 is 0 Å². The Morgan fingerprint density at radius 2 is 1.20 bits per heavy atom. The van der Waals surface area contributed by atoms with Crippen molar-refractivity contribution in [3.63, 3.8) is 0 Å². The van der Waals surface area contributed by atoms with E-state index in [2.05, 4.69) is 34.6 Å². The van der Waals surface area contributed by atoms with Crippen molar-refractivity contribution < 1.29 is 9.84 Å². The highest BCUT2D eigenvalue weighted by atomic mass is 16.5. The van der Waals surface area contributed by atoms with Crippen LogP contribution in [0.1, 0.15) is 108 Å². The fourth-order valence-corrected chi connectivity index (χ4v) is 3.34. The quantitative estimate of drug-likeness (QED) is 0.570. The van der Waals surface area contributed by atoms with Crippen LogP contribution in [0.3, 0.4) is 0 Å². The van der Waals surface area contributed by atoms with Crippen molar-refractivity contribution in [3.05, 3.63) is 0 Å². The fourth-order valence-electron chi connectivity index (χ4n) is 3.34. The van der Waals surface area contributed by atoms with Crippen molar-refractivity contribution in [1.29, 1.82) is 0 Å². The van der Waals surface area contributed by atoms with E-state index in [9.17, 15) is 5.11 Å². The second-order valence-corrected chi connectivity index (χ2v) is 8.50. The van der Waals surface area contributed by atoms with Gasteiger partial charge in [0.05, 0.1) is 5.60 Å². The molecule has 0 bridgehead atoms. The number of ether oxygens (including phenoxy) is 1. The summed E-state index contributed by atoms with van der Waals surface area (Å²) in [4.78, 5) is 0. The van der Waals surface area contributed by atoms with Crippen LogP contribution in [-0.4, -0.2) is 23.9 Å². The van der Waals surface area contributed by atoms with Crippen LogP contribution in [0, 0.1) is 23.2 Å². The van der Waals surface area contributed by atoms with Crippen molar-refractivity contribution >= 4 is 0 Å². The monoisotopic (exact) mass is 358 g/mol. The SMILES string of the molecule is CC.CC.CC(C)C1(C)CCOCC1.CC(C)C1CCC(C)(O)CC1. The lowest BCUT2D eigenvalue weighted by atomic mass is 9.73. The molecule has 154 valence electrons. The second-order valence-electron chi connectivity index (χ2n) is 8.50. The van der Waals surface area contributed by atoms with Gasteiger partial charge in [-0.05, 0) is 68.6 Å². The van der Waals surface area contributed by atoms with E-state index in [0.29, 0.717) is 5.41 Å². The highest BCUT2D eigenvalue weighted by molar-refractivity contribution is 4.82. The molecule has 1 saturated carbocycles. The molecule has 1 heterocycles. The molecule has 0 aromatic rings. The molecule has 2 fully saturated rings. The molecule has 2 rings (SSSR count). The smallest absolute Gasteiger partial charge is 0.0620 e. The minimum absolute atomic E-state index is 0.356. The van der Waals surface area contributed by atoms with Gasteiger partial charge in [0.15, 0.2) is 0 Å². The lowest BCUT2D eigenvalue weighted by molar-refractivity contribution is 0.000554. The summed E-state index contributed by atoms with van der Waals surface area (Å²) >= 11 is 0. The fraction of sp³-hybridized carbons (Fsp3) is 1.00. The first-order valence-electron chi connectivity index (χ1n) is 11.0. The van der Waals surface area contributed by atoms with E-state index in [0.717, 1.165) is 43.8 Å². The highest BCUT2D eigenvalue weighted by Gasteiger charge is 2.30. The molecule has 2 nitrogen and oxygen atoms in total. The molecular formula is C23H50O2. The van der Waals surface area contributed by atoms with Gasteiger partial charge in [0, 0.05) is 13.2 Å². The Balaban J connectivity index is 0. The predicted molar refractivity (Wildman–Crippen MR) is 113 cm³/mol. The number of aliphatic hydroxyl groups is 1. The molecule has 0 aromatic carbocycles. The highest BCUT2D eigenvalue weighted by Crippen LogP contribution is 2.37. The first-order valence-corrected chi connectivity index (χ1v) is 11.0. The molecule has 1 N–H and O–H groups in total.